The normalized spacial score (nSPS) is 17.1. The van der Waals surface area contributed by atoms with Gasteiger partial charge in [0.25, 0.3) is 11.8 Å². The third-order valence-corrected chi connectivity index (χ3v) is 5.55. The van der Waals surface area contributed by atoms with E-state index in [1.165, 1.54) is 0 Å². The van der Waals surface area contributed by atoms with Crippen molar-refractivity contribution in [3.8, 4) is 0 Å². The number of anilines is 1. The molecule has 9 heteroatoms. The number of piperidine rings is 1. The van der Waals surface area contributed by atoms with Crippen LogP contribution in [-0.2, 0) is 0 Å². The second-order valence-corrected chi connectivity index (χ2v) is 7.52. The summed E-state index contributed by atoms with van der Waals surface area (Å²) in [6.45, 7) is 5.32. The summed E-state index contributed by atoms with van der Waals surface area (Å²) in [6, 6.07) is 5.77. The molecule has 0 bridgehead atoms. The van der Waals surface area contributed by atoms with Crippen LogP contribution in [0.5, 0.6) is 0 Å². The molecule has 2 fully saturated rings. The lowest BCUT2D eigenvalue weighted by molar-refractivity contribution is 0.0793. The maximum Gasteiger partial charge on any atom is 0.277 e. The summed E-state index contributed by atoms with van der Waals surface area (Å²) in [4.78, 5) is 27.6. The molecule has 156 valence electrons. The SMILES string of the molecule is Cc1cccc(NC(=O)c2cn(C3CCNCC3)nn2)c1C(=O)N1CCCC1.Cl. The van der Waals surface area contributed by atoms with Crippen molar-refractivity contribution in [2.45, 2.75) is 38.6 Å². The molecule has 2 aliphatic heterocycles. The van der Waals surface area contributed by atoms with Crippen molar-refractivity contribution in [1.82, 2.24) is 25.2 Å². The smallest absolute Gasteiger partial charge is 0.277 e. The van der Waals surface area contributed by atoms with E-state index in [9.17, 15) is 9.59 Å². The van der Waals surface area contributed by atoms with Crippen LogP contribution in [0.2, 0.25) is 0 Å². The lowest BCUT2D eigenvalue weighted by Gasteiger charge is -2.22. The number of aryl methyl sites for hydroxylation is 1. The van der Waals surface area contributed by atoms with Crippen molar-refractivity contribution < 1.29 is 9.59 Å². The summed E-state index contributed by atoms with van der Waals surface area (Å²) >= 11 is 0. The number of nitrogens with zero attached hydrogens (tertiary/aromatic N) is 4. The van der Waals surface area contributed by atoms with Crippen LogP contribution < -0.4 is 10.6 Å². The van der Waals surface area contributed by atoms with Crippen LogP contribution in [0.4, 0.5) is 5.69 Å². The number of amides is 2. The molecule has 2 aliphatic rings. The number of hydrogen-bond donors (Lipinski definition) is 2. The van der Waals surface area contributed by atoms with Crippen LogP contribution in [0.15, 0.2) is 24.4 Å². The second-order valence-electron chi connectivity index (χ2n) is 7.52. The van der Waals surface area contributed by atoms with Crippen LogP contribution in [0.3, 0.4) is 0 Å². The summed E-state index contributed by atoms with van der Waals surface area (Å²) < 4.78 is 1.78. The van der Waals surface area contributed by atoms with Crippen LogP contribution in [0.25, 0.3) is 0 Å². The lowest BCUT2D eigenvalue weighted by atomic mass is 10.0. The van der Waals surface area contributed by atoms with Gasteiger partial charge in [0.15, 0.2) is 5.69 Å². The number of rotatable bonds is 4. The number of likely N-dealkylation sites (tertiary alicyclic amines) is 1. The fourth-order valence-corrected chi connectivity index (χ4v) is 3.95. The fourth-order valence-electron chi connectivity index (χ4n) is 3.95. The molecule has 0 radical (unpaired) electrons. The molecular formula is C20H27ClN6O2. The van der Waals surface area contributed by atoms with E-state index in [0.29, 0.717) is 11.3 Å². The minimum atomic E-state index is -0.346. The topological polar surface area (TPSA) is 92.1 Å². The van der Waals surface area contributed by atoms with Gasteiger partial charge in [-0.15, -0.1) is 17.5 Å². The molecule has 0 atom stereocenters. The monoisotopic (exact) mass is 418 g/mol. The average Bonchev–Trinajstić information content (AvgIpc) is 3.41. The number of carbonyl (C=O) groups excluding carboxylic acids is 2. The van der Waals surface area contributed by atoms with Gasteiger partial charge in [-0.05, 0) is 57.3 Å². The number of hydrogen-bond acceptors (Lipinski definition) is 5. The first-order chi connectivity index (χ1) is 13.6. The molecular weight excluding hydrogens is 392 g/mol. The Morgan fingerprint density at radius 1 is 1.17 bits per heavy atom. The van der Waals surface area contributed by atoms with E-state index in [1.54, 1.807) is 16.9 Å². The van der Waals surface area contributed by atoms with Gasteiger partial charge < -0.3 is 15.5 Å². The molecule has 2 amide bonds. The van der Waals surface area contributed by atoms with Crippen LogP contribution in [0, 0.1) is 6.92 Å². The third kappa shape index (κ3) is 4.59. The molecule has 0 unspecified atom stereocenters. The first-order valence-corrected chi connectivity index (χ1v) is 9.96. The van der Waals surface area contributed by atoms with Gasteiger partial charge in [-0.2, -0.15) is 0 Å². The van der Waals surface area contributed by atoms with E-state index in [-0.39, 0.29) is 36.0 Å². The van der Waals surface area contributed by atoms with Gasteiger partial charge in [0, 0.05) is 13.1 Å². The largest absolute Gasteiger partial charge is 0.339 e. The molecule has 2 N–H and O–H groups in total. The molecule has 4 rings (SSSR count). The van der Waals surface area contributed by atoms with E-state index in [2.05, 4.69) is 20.9 Å². The molecule has 1 aromatic carbocycles. The van der Waals surface area contributed by atoms with E-state index >= 15 is 0 Å². The van der Waals surface area contributed by atoms with Gasteiger partial charge in [0.1, 0.15) is 0 Å². The molecule has 0 spiro atoms. The quantitative estimate of drug-likeness (QED) is 0.795. The highest BCUT2D eigenvalue weighted by molar-refractivity contribution is 6.08. The van der Waals surface area contributed by atoms with Gasteiger partial charge >= 0.3 is 0 Å². The first kappa shape index (κ1) is 21.3. The zero-order valence-electron chi connectivity index (χ0n) is 16.6. The third-order valence-electron chi connectivity index (χ3n) is 5.55. The van der Waals surface area contributed by atoms with Crippen molar-refractivity contribution in [3.63, 3.8) is 0 Å². The summed E-state index contributed by atoms with van der Waals surface area (Å²) in [5, 5.41) is 14.4. The number of aromatic nitrogens is 3. The Morgan fingerprint density at radius 3 is 2.62 bits per heavy atom. The standard InChI is InChI=1S/C20H26N6O2.ClH/c1-14-5-4-6-16(18(14)20(28)25-11-2-3-12-25)22-19(27)17-13-26(24-23-17)15-7-9-21-10-8-15;/h4-6,13,15,21H,2-3,7-12H2,1H3,(H,22,27);1H. The summed E-state index contributed by atoms with van der Waals surface area (Å²) in [5.41, 5.74) is 2.20. The predicted octanol–water partition coefficient (Wildman–Crippen LogP) is 2.42. The molecule has 0 saturated carbocycles. The summed E-state index contributed by atoms with van der Waals surface area (Å²) in [7, 11) is 0. The van der Waals surface area contributed by atoms with Crippen molar-refractivity contribution in [3.05, 3.63) is 41.2 Å². The van der Waals surface area contributed by atoms with Crippen LogP contribution >= 0.6 is 12.4 Å². The van der Waals surface area contributed by atoms with Crippen molar-refractivity contribution in [1.29, 1.82) is 0 Å². The van der Waals surface area contributed by atoms with E-state index in [0.717, 1.165) is 57.4 Å². The maximum absolute atomic E-state index is 13.0. The average molecular weight is 419 g/mol. The Hall–Kier alpha value is -2.45. The molecule has 2 saturated heterocycles. The molecule has 29 heavy (non-hydrogen) atoms. The zero-order valence-corrected chi connectivity index (χ0v) is 17.4. The van der Waals surface area contributed by atoms with E-state index < -0.39 is 0 Å². The Bertz CT molecular complexity index is 872. The second kappa shape index (κ2) is 9.37. The van der Waals surface area contributed by atoms with Crippen molar-refractivity contribution in [2.75, 3.05) is 31.5 Å². The van der Waals surface area contributed by atoms with Gasteiger partial charge in [0.2, 0.25) is 0 Å². The summed E-state index contributed by atoms with van der Waals surface area (Å²) in [5.74, 6) is -0.370. The van der Waals surface area contributed by atoms with E-state index in [4.69, 9.17) is 0 Å². The molecule has 3 heterocycles. The Balaban J connectivity index is 0.00000240. The van der Waals surface area contributed by atoms with Crippen LogP contribution in [-0.4, -0.2) is 57.9 Å². The Labute approximate surface area is 176 Å². The highest BCUT2D eigenvalue weighted by Gasteiger charge is 2.25. The number of nitrogens with one attached hydrogen (secondary N) is 2. The highest BCUT2D eigenvalue weighted by atomic mass is 35.5. The Kier molecular flexibility index (Phi) is 6.87. The number of carbonyl (C=O) groups is 2. The van der Waals surface area contributed by atoms with Crippen LogP contribution in [0.1, 0.15) is 58.1 Å². The first-order valence-electron chi connectivity index (χ1n) is 9.96. The van der Waals surface area contributed by atoms with Gasteiger partial charge in [0.05, 0.1) is 23.5 Å². The molecule has 2 aromatic rings. The number of benzene rings is 1. The molecule has 8 nitrogen and oxygen atoms in total. The van der Waals surface area contributed by atoms with Gasteiger partial charge in [-0.25, -0.2) is 4.68 Å². The van der Waals surface area contributed by atoms with E-state index in [1.807, 2.05) is 24.0 Å². The fraction of sp³-hybridized carbons (Fsp3) is 0.500. The van der Waals surface area contributed by atoms with Crippen molar-refractivity contribution in [2.24, 2.45) is 0 Å². The summed E-state index contributed by atoms with van der Waals surface area (Å²) in [6.07, 6.45) is 5.69. The molecule has 0 aliphatic carbocycles. The Morgan fingerprint density at radius 2 is 1.90 bits per heavy atom. The zero-order chi connectivity index (χ0) is 19.5. The molecule has 1 aromatic heterocycles. The highest BCUT2D eigenvalue weighted by Crippen LogP contribution is 2.24. The number of halogens is 1. The lowest BCUT2D eigenvalue weighted by Crippen LogP contribution is -2.29. The minimum absolute atomic E-state index is 0. The van der Waals surface area contributed by atoms with Gasteiger partial charge in [-0.3, -0.25) is 9.59 Å². The van der Waals surface area contributed by atoms with Crippen molar-refractivity contribution >= 4 is 29.9 Å². The maximum atomic E-state index is 13.0. The predicted molar refractivity (Wildman–Crippen MR) is 113 cm³/mol. The minimum Gasteiger partial charge on any atom is -0.339 e. The van der Waals surface area contributed by atoms with Gasteiger partial charge in [-0.1, -0.05) is 17.3 Å².